The Hall–Kier alpha value is -3.93. The summed E-state index contributed by atoms with van der Waals surface area (Å²) in [6, 6.07) is 22.6. The van der Waals surface area contributed by atoms with Crippen molar-refractivity contribution >= 4 is 11.6 Å². The van der Waals surface area contributed by atoms with Crippen molar-refractivity contribution in [3.63, 3.8) is 0 Å². The van der Waals surface area contributed by atoms with Crippen LogP contribution in [-0.4, -0.2) is 22.7 Å². The van der Waals surface area contributed by atoms with Gasteiger partial charge in [0.15, 0.2) is 6.61 Å². The first kappa shape index (κ1) is 19.4. The molecule has 0 bridgehead atoms. The van der Waals surface area contributed by atoms with E-state index >= 15 is 0 Å². The number of carbonyl (C=O) groups excluding carboxylic acids is 1. The number of benzene rings is 3. The van der Waals surface area contributed by atoms with Gasteiger partial charge in [-0.1, -0.05) is 30.3 Å². The van der Waals surface area contributed by atoms with Crippen molar-refractivity contribution in [2.75, 3.05) is 11.9 Å². The van der Waals surface area contributed by atoms with Gasteiger partial charge < -0.3 is 14.5 Å². The molecule has 1 heterocycles. The minimum Gasteiger partial charge on any atom is -0.484 e. The Labute approximate surface area is 174 Å². The van der Waals surface area contributed by atoms with E-state index in [-0.39, 0.29) is 12.5 Å². The van der Waals surface area contributed by atoms with Gasteiger partial charge in [0.25, 0.3) is 5.91 Å². The monoisotopic (exact) mass is 399 g/mol. The lowest BCUT2D eigenvalue weighted by Gasteiger charge is -2.11. The van der Waals surface area contributed by atoms with E-state index in [0.717, 1.165) is 27.9 Å². The van der Waals surface area contributed by atoms with Crippen molar-refractivity contribution in [3.8, 4) is 28.7 Å². The van der Waals surface area contributed by atoms with Gasteiger partial charge in [0.05, 0.1) is 0 Å². The van der Waals surface area contributed by atoms with Crippen LogP contribution in [-0.2, 0) is 4.79 Å². The summed E-state index contributed by atoms with van der Waals surface area (Å²) >= 11 is 0. The summed E-state index contributed by atoms with van der Waals surface area (Å²) in [5, 5.41) is 11.1. The highest BCUT2D eigenvalue weighted by atomic mass is 16.5. The maximum atomic E-state index is 12.2. The lowest BCUT2D eigenvalue weighted by Crippen LogP contribution is -2.20. The number of hydrogen-bond donors (Lipinski definition) is 1. The fourth-order valence-corrected chi connectivity index (χ4v) is 2.95. The van der Waals surface area contributed by atoms with Gasteiger partial charge in [0.1, 0.15) is 5.75 Å². The lowest BCUT2D eigenvalue weighted by molar-refractivity contribution is -0.118. The van der Waals surface area contributed by atoms with Gasteiger partial charge >= 0.3 is 0 Å². The quantitative estimate of drug-likeness (QED) is 0.492. The molecule has 1 amide bonds. The molecular formula is C24H21N3O3. The second-order valence-electron chi connectivity index (χ2n) is 6.89. The van der Waals surface area contributed by atoms with Crippen LogP contribution >= 0.6 is 0 Å². The number of ether oxygens (including phenoxy) is 1. The van der Waals surface area contributed by atoms with Crippen LogP contribution in [0.5, 0.6) is 5.75 Å². The fraction of sp³-hybridized carbons (Fsp3) is 0.125. The van der Waals surface area contributed by atoms with Gasteiger partial charge in [0.2, 0.25) is 11.8 Å². The van der Waals surface area contributed by atoms with Crippen molar-refractivity contribution in [2.45, 2.75) is 13.8 Å². The van der Waals surface area contributed by atoms with Crippen LogP contribution in [0.2, 0.25) is 0 Å². The average Bonchev–Trinajstić information content (AvgIpc) is 3.27. The second kappa shape index (κ2) is 8.61. The van der Waals surface area contributed by atoms with Crippen LogP contribution in [0.15, 0.2) is 77.2 Å². The largest absolute Gasteiger partial charge is 0.484 e. The van der Waals surface area contributed by atoms with E-state index in [9.17, 15) is 4.79 Å². The molecule has 0 spiro atoms. The normalized spacial score (nSPS) is 10.6. The molecule has 0 aliphatic heterocycles. The molecule has 0 unspecified atom stereocenters. The Morgan fingerprint density at radius 2 is 1.53 bits per heavy atom. The second-order valence-corrected chi connectivity index (χ2v) is 6.89. The molecule has 3 aromatic carbocycles. The van der Waals surface area contributed by atoms with Crippen molar-refractivity contribution in [1.82, 2.24) is 10.2 Å². The van der Waals surface area contributed by atoms with Crippen LogP contribution in [0, 0.1) is 13.8 Å². The van der Waals surface area contributed by atoms with Crippen molar-refractivity contribution in [2.24, 2.45) is 0 Å². The highest BCUT2D eigenvalue weighted by molar-refractivity contribution is 5.92. The molecule has 4 aromatic rings. The molecule has 1 aromatic heterocycles. The highest BCUT2D eigenvalue weighted by Gasteiger charge is 2.11. The number of nitrogens with zero attached hydrogens (tertiary/aromatic N) is 2. The van der Waals surface area contributed by atoms with E-state index in [1.165, 1.54) is 0 Å². The summed E-state index contributed by atoms with van der Waals surface area (Å²) in [5.41, 5.74) is 4.61. The predicted molar refractivity (Wildman–Crippen MR) is 115 cm³/mol. The van der Waals surface area contributed by atoms with Crippen LogP contribution in [0.1, 0.15) is 11.1 Å². The Morgan fingerprint density at radius 3 is 2.23 bits per heavy atom. The predicted octanol–water partition coefficient (Wildman–Crippen LogP) is 5.04. The summed E-state index contributed by atoms with van der Waals surface area (Å²) in [7, 11) is 0. The molecule has 0 saturated heterocycles. The van der Waals surface area contributed by atoms with Crippen LogP contribution in [0.4, 0.5) is 5.69 Å². The van der Waals surface area contributed by atoms with Crippen molar-refractivity contribution < 1.29 is 13.9 Å². The van der Waals surface area contributed by atoms with E-state index in [0.29, 0.717) is 17.5 Å². The average molecular weight is 399 g/mol. The zero-order chi connectivity index (χ0) is 20.9. The Morgan fingerprint density at radius 1 is 0.867 bits per heavy atom. The molecule has 0 fully saturated rings. The van der Waals surface area contributed by atoms with E-state index in [1.54, 1.807) is 12.1 Å². The van der Waals surface area contributed by atoms with Crippen LogP contribution < -0.4 is 10.1 Å². The van der Waals surface area contributed by atoms with Gasteiger partial charge in [0, 0.05) is 16.8 Å². The van der Waals surface area contributed by atoms with Gasteiger partial charge in [-0.15, -0.1) is 10.2 Å². The van der Waals surface area contributed by atoms with Gasteiger partial charge in [-0.3, -0.25) is 4.79 Å². The SMILES string of the molecule is Cc1cccc(NC(=O)COc2ccc(-c3nnc(-c4ccccc4)o3)cc2)c1C. The molecule has 4 rings (SSSR count). The summed E-state index contributed by atoms with van der Waals surface area (Å²) in [6.07, 6.45) is 0. The van der Waals surface area contributed by atoms with Crippen LogP contribution in [0.3, 0.4) is 0 Å². The first-order valence-electron chi connectivity index (χ1n) is 9.58. The third-order valence-corrected chi connectivity index (χ3v) is 4.80. The molecule has 0 saturated carbocycles. The fourth-order valence-electron chi connectivity index (χ4n) is 2.95. The Bertz CT molecular complexity index is 1150. The molecule has 6 nitrogen and oxygen atoms in total. The van der Waals surface area contributed by atoms with Gasteiger partial charge in [-0.2, -0.15) is 0 Å². The number of carbonyl (C=O) groups is 1. The summed E-state index contributed by atoms with van der Waals surface area (Å²) in [4.78, 5) is 12.2. The molecule has 1 N–H and O–H groups in total. The van der Waals surface area contributed by atoms with Crippen molar-refractivity contribution in [1.29, 1.82) is 0 Å². The number of hydrogen-bond acceptors (Lipinski definition) is 5. The summed E-state index contributed by atoms with van der Waals surface area (Å²) in [6.45, 7) is 3.91. The zero-order valence-electron chi connectivity index (χ0n) is 16.8. The molecule has 150 valence electrons. The molecule has 0 aliphatic carbocycles. The number of nitrogens with one attached hydrogen (secondary N) is 1. The number of rotatable bonds is 6. The van der Waals surface area contributed by atoms with Gasteiger partial charge in [-0.05, 0) is 67.4 Å². The lowest BCUT2D eigenvalue weighted by atomic mass is 10.1. The zero-order valence-corrected chi connectivity index (χ0v) is 16.8. The van der Waals surface area contributed by atoms with E-state index < -0.39 is 0 Å². The molecule has 0 atom stereocenters. The highest BCUT2D eigenvalue weighted by Crippen LogP contribution is 2.25. The number of aryl methyl sites for hydroxylation is 1. The topological polar surface area (TPSA) is 77.2 Å². The summed E-state index contributed by atoms with van der Waals surface area (Å²) < 4.78 is 11.4. The minimum atomic E-state index is -0.211. The first-order valence-corrected chi connectivity index (χ1v) is 9.58. The van der Waals surface area contributed by atoms with Gasteiger partial charge in [-0.25, -0.2) is 0 Å². The maximum Gasteiger partial charge on any atom is 0.262 e. The molecule has 30 heavy (non-hydrogen) atoms. The molecular weight excluding hydrogens is 378 g/mol. The molecule has 6 heteroatoms. The smallest absolute Gasteiger partial charge is 0.262 e. The first-order chi connectivity index (χ1) is 14.6. The van der Waals surface area contributed by atoms with Crippen LogP contribution in [0.25, 0.3) is 22.9 Å². The maximum absolute atomic E-state index is 12.2. The number of amides is 1. The standard InChI is InChI=1S/C24H21N3O3/c1-16-7-6-10-21(17(16)2)25-22(28)15-29-20-13-11-19(12-14-20)24-27-26-23(30-24)18-8-4-3-5-9-18/h3-14H,15H2,1-2H3,(H,25,28). The van der Waals surface area contributed by atoms with E-state index in [2.05, 4.69) is 15.5 Å². The number of anilines is 1. The summed E-state index contributed by atoms with van der Waals surface area (Å²) in [5.74, 6) is 1.26. The minimum absolute atomic E-state index is 0.0779. The number of aromatic nitrogens is 2. The van der Waals surface area contributed by atoms with E-state index in [4.69, 9.17) is 9.15 Å². The third kappa shape index (κ3) is 4.38. The Balaban J connectivity index is 1.37. The third-order valence-electron chi connectivity index (χ3n) is 4.80. The molecule has 0 radical (unpaired) electrons. The molecule has 0 aliphatic rings. The van der Waals surface area contributed by atoms with Crippen molar-refractivity contribution in [3.05, 3.63) is 83.9 Å². The Kier molecular flexibility index (Phi) is 5.57. The van der Waals surface area contributed by atoms with E-state index in [1.807, 2.05) is 74.5 Å².